The van der Waals surface area contributed by atoms with Crippen LogP contribution >= 0.6 is 0 Å². The Balaban J connectivity index is 1.22. The van der Waals surface area contributed by atoms with Gasteiger partial charge in [-0.3, -0.25) is 0 Å². The zero-order chi connectivity index (χ0) is 36.3. The van der Waals surface area contributed by atoms with Gasteiger partial charge in [-0.1, -0.05) is 170 Å². The van der Waals surface area contributed by atoms with Crippen LogP contribution in [0.15, 0.2) is 217 Å². The Hall–Kier alpha value is -7.16. The summed E-state index contributed by atoms with van der Waals surface area (Å²) in [6, 6.07) is 76.7. The van der Waals surface area contributed by atoms with Crippen LogP contribution in [0.1, 0.15) is 22.3 Å². The molecule has 0 amide bonds. The summed E-state index contributed by atoms with van der Waals surface area (Å²) >= 11 is 0. The van der Waals surface area contributed by atoms with E-state index in [2.05, 4.69) is 217 Å². The van der Waals surface area contributed by atoms with E-state index in [-0.39, 0.29) is 0 Å². The van der Waals surface area contributed by atoms with Crippen LogP contribution in [0.25, 0.3) is 55.0 Å². The van der Waals surface area contributed by atoms with Crippen molar-refractivity contribution in [1.29, 1.82) is 0 Å². The number of para-hydroxylation sites is 3. The number of furan rings is 1. The second-order valence-electron chi connectivity index (χ2n) is 14.4. The summed E-state index contributed by atoms with van der Waals surface area (Å²) in [6.45, 7) is 0. The van der Waals surface area contributed by atoms with Crippen LogP contribution in [0, 0.1) is 0 Å². The van der Waals surface area contributed by atoms with E-state index in [1.165, 1.54) is 44.2 Å². The van der Waals surface area contributed by atoms with Crippen LogP contribution < -0.4 is 4.90 Å². The van der Waals surface area contributed by atoms with Crippen molar-refractivity contribution in [1.82, 2.24) is 0 Å². The van der Waals surface area contributed by atoms with Crippen molar-refractivity contribution in [2.75, 3.05) is 4.90 Å². The van der Waals surface area contributed by atoms with Gasteiger partial charge in [0.15, 0.2) is 5.58 Å². The molecule has 1 aromatic heterocycles. The number of benzene rings is 9. The van der Waals surface area contributed by atoms with Gasteiger partial charge in [-0.2, -0.15) is 0 Å². The second kappa shape index (κ2) is 12.5. The molecule has 0 bridgehead atoms. The van der Waals surface area contributed by atoms with E-state index < -0.39 is 5.41 Å². The fraction of sp³-hybridized carbons (Fsp3) is 0.0189. The molecule has 258 valence electrons. The van der Waals surface area contributed by atoms with Crippen LogP contribution in [-0.2, 0) is 5.41 Å². The molecule has 0 saturated heterocycles. The molecule has 0 atom stereocenters. The first-order chi connectivity index (χ1) is 27.3. The molecule has 0 fully saturated rings. The molecule has 1 heterocycles. The first kappa shape index (κ1) is 31.4. The van der Waals surface area contributed by atoms with E-state index in [0.717, 1.165) is 50.1 Å². The number of nitrogens with zero attached hydrogens (tertiary/aromatic N) is 1. The number of fused-ring (bicyclic) bond motifs is 7. The topological polar surface area (TPSA) is 16.4 Å². The van der Waals surface area contributed by atoms with Gasteiger partial charge < -0.3 is 9.32 Å². The van der Waals surface area contributed by atoms with Crippen LogP contribution in [0.2, 0.25) is 0 Å². The number of anilines is 3. The van der Waals surface area contributed by atoms with E-state index in [4.69, 9.17) is 4.42 Å². The van der Waals surface area contributed by atoms with Crippen LogP contribution in [-0.4, -0.2) is 0 Å². The zero-order valence-electron chi connectivity index (χ0n) is 30.1. The summed E-state index contributed by atoms with van der Waals surface area (Å²) in [5.74, 6) is 0. The largest absolute Gasteiger partial charge is 0.453 e. The summed E-state index contributed by atoms with van der Waals surface area (Å²) in [5, 5.41) is 4.54. The Morgan fingerprint density at radius 1 is 0.382 bits per heavy atom. The number of hydrogen-bond acceptors (Lipinski definition) is 2. The highest BCUT2D eigenvalue weighted by Crippen LogP contribution is 2.57. The number of rotatable bonds is 6. The predicted octanol–water partition coefficient (Wildman–Crippen LogP) is 14.2. The van der Waals surface area contributed by atoms with Gasteiger partial charge in [-0.05, 0) is 92.2 Å². The molecule has 2 nitrogen and oxygen atoms in total. The smallest absolute Gasteiger partial charge is 0.159 e. The molecule has 0 saturated carbocycles. The second-order valence-corrected chi connectivity index (χ2v) is 14.4. The summed E-state index contributed by atoms with van der Waals surface area (Å²) in [6.07, 6.45) is 0. The molecule has 1 aliphatic rings. The first-order valence-electron chi connectivity index (χ1n) is 18.9. The minimum absolute atomic E-state index is 0.499. The summed E-state index contributed by atoms with van der Waals surface area (Å²) in [5.41, 5.74) is 14.3. The SMILES string of the molecule is c1ccc(N(c2ccccc2)c2cccc3c2oc2c(-c4ccc5c(c4)C(c4ccccc4)(c4ccccc4)c4ccccc4-5)c4ccccc4cc23)cc1. The Morgan fingerprint density at radius 2 is 0.945 bits per heavy atom. The van der Waals surface area contributed by atoms with Crippen LogP contribution in [0.5, 0.6) is 0 Å². The maximum Gasteiger partial charge on any atom is 0.159 e. The molecular weight excluding hydrogens is 667 g/mol. The highest BCUT2D eigenvalue weighted by atomic mass is 16.3. The monoisotopic (exact) mass is 701 g/mol. The van der Waals surface area contributed by atoms with Gasteiger partial charge in [0.05, 0.1) is 11.1 Å². The van der Waals surface area contributed by atoms with Crippen LogP contribution in [0.3, 0.4) is 0 Å². The van der Waals surface area contributed by atoms with Gasteiger partial charge in [-0.25, -0.2) is 0 Å². The Labute approximate surface area is 320 Å². The molecule has 10 aromatic rings. The average molecular weight is 702 g/mol. The first-order valence-corrected chi connectivity index (χ1v) is 18.9. The van der Waals surface area contributed by atoms with Crippen molar-refractivity contribution in [2.24, 2.45) is 0 Å². The van der Waals surface area contributed by atoms with E-state index in [9.17, 15) is 0 Å². The van der Waals surface area contributed by atoms with Gasteiger partial charge in [0.25, 0.3) is 0 Å². The molecule has 11 rings (SSSR count). The van der Waals surface area contributed by atoms with Crippen molar-refractivity contribution in [2.45, 2.75) is 5.41 Å². The van der Waals surface area contributed by atoms with Gasteiger partial charge in [0, 0.05) is 27.7 Å². The summed E-state index contributed by atoms with van der Waals surface area (Å²) in [4.78, 5) is 2.30. The van der Waals surface area contributed by atoms with Crippen LogP contribution in [0.4, 0.5) is 17.1 Å². The lowest BCUT2D eigenvalue weighted by Crippen LogP contribution is -2.28. The molecule has 0 aliphatic heterocycles. The Morgan fingerprint density at radius 3 is 1.64 bits per heavy atom. The lowest BCUT2D eigenvalue weighted by atomic mass is 9.67. The normalized spacial score (nSPS) is 12.9. The Bertz CT molecular complexity index is 2940. The average Bonchev–Trinajstić information content (AvgIpc) is 3.78. The van der Waals surface area contributed by atoms with E-state index in [1.807, 2.05) is 0 Å². The molecule has 1 aliphatic carbocycles. The quantitative estimate of drug-likeness (QED) is 0.172. The van der Waals surface area contributed by atoms with E-state index in [0.29, 0.717) is 0 Å². The summed E-state index contributed by atoms with van der Waals surface area (Å²) < 4.78 is 7.26. The molecule has 55 heavy (non-hydrogen) atoms. The highest BCUT2D eigenvalue weighted by Gasteiger charge is 2.46. The minimum atomic E-state index is -0.499. The van der Waals surface area contributed by atoms with Gasteiger partial charge in [0.2, 0.25) is 0 Å². The van der Waals surface area contributed by atoms with Crippen molar-refractivity contribution in [3.63, 3.8) is 0 Å². The molecule has 0 N–H and O–H groups in total. The number of hydrogen-bond donors (Lipinski definition) is 0. The standard InChI is InChI=1S/C53H35NO/c1-5-19-38(20-6-1)53(39-21-7-2-8-22-39)47-30-16-15-28-43(47)44-33-32-37(35-48(44)53)50-42-27-14-13-18-36(42)34-46-45-29-17-31-49(51(45)55-52(46)50)54(40-23-9-3-10-24-40)41-25-11-4-12-26-41/h1-35H. The van der Waals surface area contributed by atoms with Crippen molar-refractivity contribution < 1.29 is 4.42 Å². The minimum Gasteiger partial charge on any atom is -0.453 e. The maximum atomic E-state index is 7.26. The van der Waals surface area contributed by atoms with Gasteiger partial charge in [-0.15, -0.1) is 0 Å². The molecule has 9 aromatic carbocycles. The molecule has 0 unspecified atom stereocenters. The highest BCUT2D eigenvalue weighted by molar-refractivity contribution is 6.20. The third-order valence-electron chi connectivity index (χ3n) is 11.5. The molecule has 0 radical (unpaired) electrons. The van der Waals surface area contributed by atoms with E-state index in [1.54, 1.807) is 0 Å². The zero-order valence-corrected chi connectivity index (χ0v) is 30.1. The van der Waals surface area contributed by atoms with Gasteiger partial charge >= 0.3 is 0 Å². The third-order valence-corrected chi connectivity index (χ3v) is 11.5. The van der Waals surface area contributed by atoms with Gasteiger partial charge in [0.1, 0.15) is 5.58 Å². The summed E-state index contributed by atoms with van der Waals surface area (Å²) in [7, 11) is 0. The maximum absolute atomic E-state index is 7.26. The molecule has 0 spiro atoms. The fourth-order valence-electron chi connectivity index (χ4n) is 9.22. The Kier molecular flexibility index (Phi) is 7.11. The fourth-order valence-corrected chi connectivity index (χ4v) is 9.22. The molecule has 2 heteroatoms. The predicted molar refractivity (Wildman–Crippen MR) is 229 cm³/mol. The molecular formula is C53H35NO. The lowest BCUT2D eigenvalue weighted by Gasteiger charge is -2.34. The van der Waals surface area contributed by atoms with Crippen molar-refractivity contribution in [3.8, 4) is 22.3 Å². The van der Waals surface area contributed by atoms with E-state index >= 15 is 0 Å². The lowest BCUT2D eigenvalue weighted by molar-refractivity contribution is 0.670. The third kappa shape index (κ3) is 4.68. The van der Waals surface area contributed by atoms with Crippen molar-refractivity contribution >= 4 is 49.8 Å². The van der Waals surface area contributed by atoms with Crippen molar-refractivity contribution in [3.05, 3.63) is 235 Å².